The lowest BCUT2D eigenvalue weighted by atomic mass is 10.1. The van der Waals surface area contributed by atoms with Gasteiger partial charge >= 0.3 is 12.2 Å². The summed E-state index contributed by atoms with van der Waals surface area (Å²) in [4.78, 5) is 58.3. The molecule has 1 aromatic heterocycles. The van der Waals surface area contributed by atoms with E-state index in [1.807, 2.05) is 0 Å². The summed E-state index contributed by atoms with van der Waals surface area (Å²) in [6.45, 7) is 7.99. The van der Waals surface area contributed by atoms with Crippen molar-refractivity contribution in [3.8, 4) is 0 Å². The number of aromatic nitrogens is 2. The maximum atomic E-state index is 14.5. The monoisotopic (exact) mass is 643 g/mol. The third-order valence-electron chi connectivity index (χ3n) is 4.89. The van der Waals surface area contributed by atoms with Crippen LogP contribution in [0.4, 0.5) is 24.2 Å². The first kappa shape index (κ1) is 35.7. The maximum Gasteiger partial charge on any atom is 0.414 e. The Morgan fingerprint density at radius 1 is 0.977 bits per heavy atom. The second-order valence-electron chi connectivity index (χ2n) is 11.1. The number of amides is 3. The Bertz CT molecular complexity index is 1360. The Balaban J connectivity index is 1.96. The van der Waals surface area contributed by atoms with Gasteiger partial charge in [0.15, 0.2) is 5.82 Å². The average molecular weight is 644 g/mol. The van der Waals surface area contributed by atoms with Gasteiger partial charge < -0.3 is 24.9 Å². The van der Waals surface area contributed by atoms with Crippen LogP contribution in [0.15, 0.2) is 46.5 Å². The van der Waals surface area contributed by atoms with Crippen molar-refractivity contribution in [1.82, 2.24) is 25.5 Å². The number of halogens is 3. The summed E-state index contributed by atoms with van der Waals surface area (Å²) < 4.78 is 40.1. The molecular weight excluding hydrogens is 608 g/mol. The molecule has 0 fully saturated rings. The minimum atomic E-state index is -3.30. The van der Waals surface area contributed by atoms with Crippen LogP contribution in [0.3, 0.4) is 0 Å². The zero-order valence-corrected chi connectivity index (χ0v) is 25.9. The van der Waals surface area contributed by atoms with Crippen molar-refractivity contribution in [3.63, 3.8) is 0 Å². The van der Waals surface area contributed by atoms with Crippen molar-refractivity contribution >= 4 is 41.5 Å². The first-order valence-electron chi connectivity index (χ1n) is 13.3. The summed E-state index contributed by atoms with van der Waals surface area (Å²) in [5.74, 6) is -4.83. The fraction of sp³-hybridized carbons (Fsp3) is 0.481. The first-order valence-corrected chi connectivity index (χ1v) is 13.6. The number of nitrogens with zero attached hydrogens (tertiary/aromatic N) is 3. The van der Waals surface area contributed by atoms with Gasteiger partial charge in [-0.2, -0.15) is 8.78 Å². The summed E-state index contributed by atoms with van der Waals surface area (Å²) in [6.07, 6.45) is -0.809. The number of hydrogen-bond acceptors (Lipinski definition) is 10. The van der Waals surface area contributed by atoms with Crippen molar-refractivity contribution in [2.45, 2.75) is 65.2 Å². The highest BCUT2D eigenvalue weighted by atomic mass is 35.5. The normalized spacial score (nSPS) is 11.6. The van der Waals surface area contributed by atoms with Crippen LogP contribution in [0.1, 0.15) is 47.1 Å². The molecule has 0 aliphatic rings. The number of anilines is 1. The van der Waals surface area contributed by atoms with Crippen LogP contribution in [0.2, 0.25) is 5.15 Å². The molecule has 44 heavy (non-hydrogen) atoms. The van der Waals surface area contributed by atoms with Crippen molar-refractivity contribution in [2.75, 3.05) is 25.0 Å². The van der Waals surface area contributed by atoms with Crippen molar-refractivity contribution in [3.05, 3.63) is 57.6 Å². The molecule has 2 rings (SSSR count). The quantitative estimate of drug-likeness (QED) is 0.131. The fourth-order valence-corrected chi connectivity index (χ4v) is 3.32. The Morgan fingerprint density at radius 3 is 2.09 bits per heavy atom. The van der Waals surface area contributed by atoms with Crippen LogP contribution in [0.5, 0.6) is 0 Å². The molecule has 14 nitrogen and oxygen atoms in total. The van der Waals surface area contributed by atoms with Gasteiger partial charge in [-0.05, 0) is 46.7 Å². The van der Waals surface area contributed by atoms with Gasteiger partial charge in [0.2, 0.25) is 5.91 Å². The largest absolute Gasteiger partial charge is 0.444 e. The molecule has 0 aliphatic carbocycles. The molecule has 2 aromatic rings. The number of hydrogen-bond donors (Lipinski definition) is 4. The van der Waals surface area contributed by atoms with Gasteiger partial charge in [-0.3, -0.25) is 24.8 Å². The van der Waals surface area contributed by atoms with E-state index in [0.717, 1.165) is 10.8 Å². The maximum absolute atomic E-state index is 14.5. The highest BCUT2D eigenvalue weighted by Gasteiger charge is 2.31. The number of alkyl halides is 2. The van der Waals surface area contributed by atoms with E-state index < -0.39 is 65.6 Å². The number of alkyl carbamates (subject to hydrolysis) is 2. The lowest BCUT2D eigenvalue weighted by Crippen LogP contribution is -2.47. The van der Waals surface area contributed by atoms with Crippen molar-refractivity contribution in [1.29, 1.82) is 0 Å². The molecule has 0 aliphatic heterocycles. The van der Waals surface area contributed by atoms with Gasteiger partial charge in [-0.25, -0.2) is 14.6 Å². The van der Waals surface area contributed by atoms with Gasteiger partial charge in [0.25, 0.3) is 17.4 Å². The lowest BCUT2D eigenvalue weighted by molar-refractivity contribution is -0.121. The molecule has 0 radical (unpaired) electrons. The van der Waals surface area contributed by atoms with Gasteiger partial charge in [0, 0.05) is 5.56 Å². The summed E-state index contributed by atoms with van der Waals surface area (Å²) >= 11 is 6.03. The van der Waals surface area contributed by atoms with E-state index >= 15 is 0 Å². The molecule has 242 valence electrons. The highest BCUT2D eigenvalue weighted by Crippen LogP contribution is 2.27. The number of guanidine groups is 1. The summed E-state index contributed by atoms with van der Waals surface area (Å²) in [7, 11) is 0. The van der Waals surface area contributed by atoms with E-state index in [-0.39, 0.29) is 23.9 Å². The van der Waals surface area contributed by atoms with Crippen LogP contribution in [-0.2, 0) is 31.6 Å². The Morgan fingerprint density at radius 2 is 1.55 bits per heavy atom. The molecule has 3 amide bonds. The Kier molecular flexibility index (Phi) is 12.4. The van der Waals surface area contributed by atoms with Gasteiger partial charge in [-0.15, -0.1) is 0 Å². The molecule has 1 heterocycles. The number of ether oxygens (including phenoxy) is 2. The summed E-state index contributed by atoms with van der Waals surface area (Å²) in [6, 6.07) is 7.04. The number of rotatable bonds is 10. The minimum absolute atomic E-state index is 0.125. The zero-order valence-electron chi connectivity index (χ0n) is 25.1. The van der Waals surface area contributed by atoms with Crippen LogP contribution >= 0.6 is 11.6 Å². The second-order valence-corrected chi connectivity index (χ2v) is 11.5. The third kappa shape index (κ3) is 12.8. The van der Waals surface area contributed by atoms with E-state index in [1.54, 1.807) is 47.6 Å². The van der Waals surface area contributed by atoms with E-state index in [1.165, 1.54) is 24.3 Å². The number of carbonyl (C=O) groups excluding carboxylic acids is 3. The minimum Gasteiger partial charge on any atom is -0.444 e. The standard InChI is InChI=1S/C27H36ClF2N7O7/c1-25(2,3)43-23(40)34-22(35-24(41)44-26(4,5)6)36-42-13-12-31-19(38)15-37-18(28)14-32-20(21(37)39)33-16-27(29,30)17-10-8-7-9-11-17/h7-11,14H,12-13,15-16H2,1-6H3,(H,31,38)(H,32,33)(H2,34,35,36,40,41). The lowest BCUT2D eigenvalue weighted by Gasteiger charge is -2.21. The molecule has 0 unspecified atom stereocenters. The van der Waals surface area contributed by atoms with Gasteiger partial charge in [-0.1, -0.05) is 41.9 Å². The SMILES string of the molecule is CC(C)(C)OC(=O)NC(=NOCCNC(=O)Cn1c(Cl)cnc(NCC(F)(F)c2ccccc2)c1=O)NC(=O)OC(C)(C)C. The van der Waals surface area contributed by atoms with Gasteiger partial charge in [0.05, 0.1) is 19.3 Å². The predicted octanol–water partition coefficient (Wildman–Crippen LogP) is 3.55. The second kappa shape index (κ2) is 15.3. The number of oxime groups is 1. The molecule has 17 heteroatoms. The van der Waals surface area contributed by atoms with Crippen LogP contribution in [0.25, 0.3) is 0 Å². The highest BCUT2D eigenvalue weighted by molar-refractivity contribution is 6.29. The topological polar surface area (TPSA) is 174 Å². The molecule has 0 saturated heterocycles. The Labute approximate surface area is 257 Å². The smallest absolute Gasteiger partial charge is 0.414 e. The molecule has 4 N–H and O–H groups in total. The summed E-state index contributed by atoms with van der Waals surface area (Å²) in [5, 5.41) is 12.7. The van der Waals surface area contributed by atoms with Crippen molar-refractivity contribution < 1.29 is 37.5 Å². The molecule has 0 spiro atoms. The number of nitrogens with one attached hydrogen (secondary N) is 4. The zero-order chi connectivity index (χ0) is 33.1. The van der Waals surface area contributed by atoms with E-state index in [4.69, 9.17) is 25.9 Å². The average Bonchev–Trinajstić information content (AvgIpc) is 2.88. The third-order valence-corrected chi connectivity index (χ3v) is 5.19. The summed E-state index contributed by atoms with van der Waals surface area (Å²) in [5.41, 5.74) is -2.81. The molecule has 0 saturated carbocycles. The van der Waals surface area contributed by atoms with Crippen LogP contribution < -0.4 is 26.8 Å². The van der Waals surface area contributed by atoms with Gasteiger partial charge in [0.1, 0.15) is 29.5 Å². The number of carbonyl (C=O) groups is 3. The Hall–Kier alpha value is -4.47. The van der Waals surface area contributed by atoms with Crippen molar-refractivity contribution in [2.24, 2.45) is 5.16 Å². The molecule has 1 aromatic carbocycles. The molecular formula is C27H36ClF2N7O7. The fourth-order valence-electron chi connectivity index (χ4n) is 3.14. The molecule has 0 bridgehead atoms. The predicted molar refractivity (Wildman–Crippen MR) is 157 cm³/mol. The molecule has 0 atom stereocenters. The van der Waals surface area contributed by atoms with Crippen LogP contribution in [-0.4, -0.2) is 64.5 Å². The van der Waals surface area contributed by atoms with E-state index in [9.17, 15) is 28.0 Å². The van der Waals surface area contributed by atoms with E-state index in [0.29, 0.717) is 0 Å². The van der Waals surface area contributed by atoms with Crippen LogP contribution in [0, 0.1) is 0 Å². The first-order chi connectivity index (χ1) is 20.4. The number of benzene rings is 1. The van der Waals surface area contributed by atoms with E-state index in [2.05, 4.69) is 31.4 Å².